The Morgan fingerprint density at radius 1 is 1.17 bits per heavy atom. The third-order valence-electron chi connectivity index (χ3n) is 7.03. The second-order valence-corrected chi connectivity index (χ2v) is 11.0. The molecule has 3 heterocycles. The molecule has 2 aliphatic heterocycles. The number of ether oxygens (including phenoxy) is 1. The van der Waals surface area contributed by atoms with Gasteiger partial charge in [0.15, 0.2) is 0 Å². The topological polar surface area (TPSA) is 110 Å². The lowest BCUT2D eigenvalue weighted by Crippen LogP contribution is -2.46. The number of amides is 3. The number of piperidine rings is 1. The first-order valence-corrected chi connectivity index (χ1v) is 12.8. The highest BCUT2D eigenvalue weighted by molar-refractivity contribution is 5.77. The van der Waals surface area contributed by atoms with Crippen molar-refractivity contribution in [3.8, 4) is 0 Å². The molecule has 1 aliphatic carbocycles. The highest BCUT2D eigenvalue weighted by Gasteiger charge is 2.47. The molecule has 2 bridgehead atoms. The van der Waals surface area contributed by atoms with Crippen LogP contribution in [0.25, 0.3) is 0 Å². The van der Waals surface area contributed by atoms with Crippen LogP contribution >= 0.6 is 0 Å². The average molecular weight is 498 g/mol. The lowest BCUT2D eigenvalue weighted by atomic mass is 9.77. The van der Waals surface area contributed by atoms with Crippen LogP contribution < -0.4 is 5.32 Å². The van der Waals surface area contributed by atoms with Crippen LogP contribution in [0.4, 0.5) is 9.59 Å². The summed E-state index contributed by atoms with van der Waals surface area (Å²) in [6.45, 7) is 6.54. The molecule has 2 saturated heterocycles. The number of hydrogen-bond donors (Lipinski definition) is 1. The fraction of sp³-hybridized carbons (Fsp3) is 0.615. The maximum absolute atomic E-state index is 13.0. The summed E-state index contributed by atoms with van der Waals surface area (Å²) in [6.07, 6.45) is 4.69. The summed E-state index contributed by atoms with van der Waals surface area (Å²) in [6, 6.07) is 9.68. The Bertz CT molecular complexity index is 1060. The van der Waals surface area contributed by atoms with Crippen molar-refractivity contribution < 1.29 is 23.6 Å². The average Bonchev–Trinajstić information content (AvgIpc) is 3.37. The SMILES string of the molecule is CC(C)(C)OC(=O)N[C@H]1C[C@@H](CCc2nnc([C@@H]3CCC4CN3C(=O)N4OCc3ccccc3)o2)C1. The van der Waals surface area contributed by atoms with E-state index in [9.17, 15) is 9.59 Å². The van der Waals surface area contributed by atoms with Crippen molar-refractivity contribution in [2.45, 2.75) is 89.6 Å². The van der Waals surface area contributed by atoms with Gasteiger partial charge in [-0.05, 0) is 64.4 Å². The van der Waals surface area contributed by atoms with Crippen molar-refractivity contribution in [3.05, 3.63) is 47.7 Å². The molecule has 2 aromatic rings. The van der Waals surface area contributed by atoms with Crippen LogP contribution in [0.3, 0.4) is 0 Å². The van der Waals surface area contributed by atoms with Gasteiger partial charge in [-0.2, -0.15) is 5.06 Å². The van der Waals surface area contributed by atoms with E-state index in [1.165, 1.54) is 5.06 Å². The van der Waals surface area contributed by atoms with Gasteiger partial charge in [0.2, 0.25) is 11.8 Å². The zero-order chi connectivity index (χ0) is 25.3. The van der Waals surface area contributed by atoms with E-state index in [-0.39, 0.29) is 30.2 Å². The highest BCUT2D eigenvalue weighted by Crippen LogP contribution is 2.38. The number of benzene rings is 1. The molecule has 36 heavy (non-hydrogen) atoms. The predicted molar refractivity (Wildman–Crippen MR) is 129 cm³/mol. The van der Waals surface area contributed by atoms with Gasteiger partial charge in [0.05, 0.1) is 6.04 Å². The number of aromatic nitrogens is 2. The van der Waals surface area contributed by atoms with Crippen molar-refractivity contribution in [1.29, 1.82) is 0 Å². The summed E-state index contributed by atoms with van der Waals surface area (Å²) in [7, 11) is 0. The second-order valence-electron chi connectivity index (χ2n) is 11.0. The predicted octanol–water partition coefficient (Wildman–Crippen LogP) is 4.38. The Kier molecular flexibility index (Phi) is 6.87. The lowest BCUT2D eigenvalue weighted by molar-refractivity contribution is -0.140. The molecule has 1 N–H and O–H groups in total. The van der Waals surface area contributed by atoms with Crippen LogP contribution in [0.2, 0.25) is 0 Å². The molecule has 10 nitrogen and oxygen atoms in total. The third kappa shape index (κ3) is 5.64. The minimum Gasteiger partial charge on any atom is -0.444 e. The highest BCUT2D eigenvalue weighted by atomic mass is 16.7. The fourth-order valence-electron chi connectivity index (χ4n) is 5.17. The number of fused-ring (bicyclic) bond motifs is 2. The summed E-state index contributed by atoms with van der Waals surface area (Å²) in [5.74, 6) is 1.60. The molecule has 0 spiro atoms. The molecule has 3 fully saturated rings. The number of alkyl carbamates (subject to hydrolysis) is 1. The van der Waals surface area contributed by atoms with Gasteiger partial charge in [0.25, 0.3) is 0 Å². The number of rotatable bonds is 8. The van der Waals surface area contributed by atoms with Crippen molar-refractivity contribution in [2.24, 2.45) is 5.92 Å². The van der Waals surface area contributed by atoms with E-state index in [0.29, 0.717) is 37.3 Å². The smallest absolute Gasteiger partial charge is 0.407 e. The summed E-state index contributed by atoms with van der Waals surface area (Å²) >= 11 is 0. The number of carbonyl (C=O) groups excluding carboxylic acids is 2. The van der Waals surface area contributed by atoms with Crippen LogP contribution in [0.1, 0.15) is 76.3 Å². The Morgan fingerprint density at radius 3 is 2.69 bits per heavy atom. The number of aryl methyl sites for hydroxylation is 1. The molecule has 2 atom stereocenters. The van der Waals surface area contributed by atoms with E-state index >= 15 is 0 Å². The van der Waals surface area contributed by atoms with Gasteiger partial charge in [-0.3, -0.25) is 4.84 Å². The molecule has 5 rings (SSSR count). The van der Waals surface area contributed by atoms with E-state index in [4.69, 9.17) is 14.0 Å². The molecule has 3 amide bonds. The summed E-state index contributed by atoms with van der Waals surface area (Å²) in [4.78, 5) is 32.6. The molecule has 1 aromatic heterocycles. The summed E-state index contributed by atoms with van der Waals surface area (Å²) < 4.78 is 11.3. The number of hydrogen-bond acceptors (Lipinski definition) is 7. The lowest BCUT2D eigenvalue weighted by Gasteiger charge is -2.36. The van der Waals surface area contributed by atoms with Gasteiger partial charge in [0, 0.05) is 19.0 Å². The molecule has 1 aromatic carbocycles. The molecule has 0 radical (unpaired) electrons. The van der Waals surface area contributed by atoms with E-state index in [1.54, 1.807) is 4.90 Å². The Balaban J connectivity index is 1.08. The molecular formula is C26H35N5O5. The normalized spacial score (nSPS) is 25.6. The van der Waals surface area contributed by atoms with Crippen LogP contribution in [-0.4, -0.2) is 56.5 Å². The minimum atomic E-state index is -0.491. The van der Waals surface area contributed by atoms with Gasteiger partial charge in [-0.15, -0.1) is 10.2 Å². The molecule has 3 aliphatic rings. The minimum absolute atomic E-state index is 0.0423. The third-order valence-corrected chi connectivity index (χ3v) is 7.03. The van der Waals surface area contributed by atoms with Crippen molar-refractivity contribution in [3.63, 3.8) is 0 Å². The van der Waals surface area contributed by atoms with E-state index in [1.807, 2.05) is 51.1 Å². The first-order valence-electron chi connectivity index (χ1n) is 12.8. The van der Waals surface area contributed by atoms with Crippen LogP contribution in [-0.2, 0) is 22.6 Å². The van der Waals surface area contributed by atoms with Crippen molar-refractivity contribution in [1.82, 2.24) is 25.5 Å². The van der Waals surface area contributed by atoms with Gasteiger partial charge >= 0.3 is 12.1 Å². The number of nitrogens with zero attached hydrogens (tertiary/aromatic N) is 4. The number of urea groups is 1. The van der Waals surface area contributed by atoms with Gasteiger partial charge in [-0.1, -0.05) is 30.3 Å². The zero-order valence-electron chi connectivity index (χ0n) is 21.2. The van der Waals surface area contributed by atoms with Crippen LogP contribution in [0.5, 0.6) is 0 Å². The Morgan fingerprint density at radius 2 is 1.94 bits per heavy atom. The maximum Gasteiger partial charge on any atom is 0.407 e. The van der Waals surface area contributed by atoms with E-state index < -0.39 is 5.60 Å². The standard InChI is InChI=1S/C26H35N5O5/c1-26(2,3)36-24(32)27-19-13-18(14-19)9-12-22-28-29-23(35-22)21-11-10-20-15-30(21)25(33)31(20)34-16-17-7-5-4-6-8-17/h4-8,18-21H,9-16H2,1-3H3,(H,27,32)/t18-,19+,20?,21-/m0/s1. The van der Waals surface area contributed by atoms with E-state index in [0.717, 1.165) is 37.7 Å². The van der Waals surface area contributed by atoms with Crippen LogP contribution in [0.15, 0.2) is 34.7 Å². The second kappa shape index (κ2) is 10.1. The quantitative estimate of drug-likeness (QED) is 0.576. The first kappa shape index (κ1) is 24.5. The molecule has 1 unspecified atom stereocenters. The number of hydroxylamine groups is 2. The Labute approximate surface area is 211 Å². The fourth-order valence-corrected chi connectivity index (χ4v) is 5.17. The molecule has 1 saturated carbocycles. The monoisotopic (exact) mass is 497 g/mol. The molecule has 194 valence electrons. The summed E-state index contributed by atoms with van der Waals surface area (Å²) in [5, 5.41) is 13.0. The van der Waals surface area contributed by atoms with Crippen molar-refractivity contribution in [2.75, 3.05) is 6.54 Å². The van der Waals surface area contributed by atoms with Crippen molar-refractivity contribution >= 4 is 12.1 Å². The first-order chi connectivity index (χ1) is 17.2. The van der Waals surface area contributed by atoms with Gasteiger partial charge in [0.1, 0.15) is 18.2 Å². The largest absolute Gasteiger partial charge is 0.444 e. The molecular weight excluding hydrogens is 462 g/mol. The zero-order valence-corrected chi connectivity index (χ0v) is 21.2. The van der Waals surface area contributed by atoms with Gasteiger partial charge < -0.3 is 19.4 Å². The number of carbonyl (C=O) groups is 2. The number of nitrogens with one attached hydrogen (secondary N) is 1. The van der Waals surface area contributed by atoms with Gasteiger partial charge in [-0.25, -0.2) is 9.59 Å². The Hall–Kier alpha value is -3.14. The molecule has 10 heteroatoms. The van der Waals surface area contributed by atoms with E-state index in [2.05, 4.69) is 15.5 Å². The summed E-state index contributed by atoms with van der Waals surface area (Å²) in [5.41, 5.74) is 0.535. The van der Waals surface area contributed by atoms with Crippen LogP contribution in [0, 0.1) is 5.92 Å². The maximum atomic E-state index is 13.0.